The number of rotatable bonds is 5. The molecule has 1 aliphatic rings. The quantitative estimate of drug-likeness (QED) is 0.658. The van der Waals surface area contributed by atoms with Gasteiger partial charge in [-0.05, 0) is 18.4 Å². The van der Waals surface area contributed by atoms with Gasteiger partial charge >= 0.3 is 0 Å². The van der Waals surface area contributed by atoms with E-state index in [0.29, 0.717) is 19.6 Å². The van der Waals surface area contributed by atoms with Gasteiger partial charge in [0.15, 0.2) is 0 Å². The number of carbonyl (C=O) groups is 1. The van der Waals surface area contributed by atoms with Gasteiger partial charge in [-0.2, -0.15) is 0 Å². The molecule has 7 heteroatoms. The summed E-state index contributed by atoms with van der Waals surface area (Å²) in [5, 5.41) is 11.3. The molecule has 23 heavy (non-hydrogen) atoms. The number of nitrogens with two attached hydrogens (primary N) is 1. The van der Waals surface area contributed by atoms with Crippen LogP contribution in [0, 0.1) is 10.1 Å². The molecule has 0 radical (unpaired) electrons. The summed E-state index contributed by atoms with van der Waals surface area (Å²) in [7, 11) is 0. The Morgan fingerprint density at radius 1 is 1.48 bits per heavy atom. The summed E-state index contributed by atoms with van der Waals surface area (Å²) in [6.07, 6.45) is -0.741. The second kappa shape index (κ2) is 7.06. The molecular formula is C16H23N3O4. The maximum absolute atomic E-state index is 11.3. The molecule has 2 atom stereocenters. The van der Waals surface area contributed by atoms with Crippen molar-refractivity contribution in [3.8, 4) is 0 Å². The number of nitro groups is 1. The van der Waals surface area contributed by atoms with Gasteiger partial charge in [-0.25, -0.2) is 0 Å². The third kappa shape index (κ3) is 4.27. The molecule has 1 saturated heterocycles. The third-order valence-electron chi connectivity index (χ3n) is 3.97. The first-order chi connectivity index (χ1) is 10.8. The zero-order chi connectivity index (χ0) is 17.1. The van der Waals surface area contributed by atoms with Crippen molar-refractivity contribution in [1.29, 1.82) is 0 Å². The highest BCUT2D eigenvalue weighted by Gasteiger charge is 2.29. The summed E-state index contributed by atoms with van der Waals surface area (Å²) in [5.41, 5.74) is 7.04. The predicted octanol–water partition coefficient (Wildman–Crippen LogP) is 1.79. The van der Waals surface area contributed by atoms with Crippen LogP contribution in [0.2, 0.25) is 0 Å². The van der Waals surface area contributed by atoms with E-state index in [1.807, 2.05) is 37.8 Å². The van der Waals surface area contributed by atoms with Gasteiger partial charge in [0, 0.05) is 31.3 Å². The lowest BCUT2D eigenvalue weighted by molar-refractivity contribution is -0.385. The number of hydrogen-bond donors (Lipinski definition) is 1. The van der Waals surface area contributed by atoms with E-state index in [1.165, 1.54) is 0 Å². The second-order valence-corrected chi connectivity index (χ2v) is 6.34. The lowest BCUT2D eigenvalue weighted by atomic mass is 9.99. The highest BCUT2D eigenvalue weighted by Crippen LogP contribution is 2.28. The SMILES string of the molecule is CC(C)c1ccc(CN2C[C@@H](C)O[C@H](C(N)=O)C2)cc1[N+](=O)[O-]. The summed E-state index contributed by atoms with van der Waals surface area (Å²) in [6, 6.07) is 5.34. The second-order valence-electron chi connectivity index (χ2n) is 6.34. The van der Waals surface area contributed by atoms with E-state index in [0.717, 1.165) is 11.1 Å². The topological polar surface area (TPSA) is 98.7 Å². The van der Waals surface area contributed by atoms with Crippen molar-refractivity contribution >= 4 is 11.6 Å². The predicted molar refractivity (Wildman–Crippen MR) is 86.0 cm³/mol. The summed E-state index contributed by atoms with van der Waals surface area (Å²) in [5.74, 6) is -0.394. The Labute approximate surface area is 135 Å². The Kier molecular flexibility index (Phi) is 5.33. The molecule has 1 heterocycles. The number of primary amides is 1. The molecule has 7 nitrogen and oxygen atoms in total. The van der Waals surface area contributed by atoms with Gasteiger partial charge < -0.3 is 10.5 Å². The van der Waals surface area contributed by atoms with Crippen LogP contribution in [-0.4, -0.2) is 41.0 Å². The number of benzene rings is 1. The molecule has 0 spiro atoms. The molecule has 1 aromatic rings. The van der Waals surface area contributed by atoms with Gasteiger partial charge in [-0.1, -0.05) is 26.0 Å². The first-order valence-corrected chi connectivity index (χ1v) is 7.72. The first-order valence-electron chi connectivity index (χ1n) is 7.72. The molecule has 0 aliphatic carbocycles. The molecule has 1 amide bonds. The average Bonchev–Trinajstić information content (AvgIpc) is 2.46. The zero-order valence-corrected chi connectivity index (χ0v) is 13.7. The molecule has 0 saturated carbocycles. The number of morpholine rings is 1. The van der Waals surface area contributed by atoms with E-state index in [2.05, 4.69) is 0 Å². The fraction of sp³-hybridized carbons (Fsp3) is 0.562. The number of ether oxygens (including phenoxy) is 1. The Morgan fingerprint density at radius 2 is 2.17 bits per heavy atom. The average molecular weight is 321 g/mol. The van der Waals surface area contributed by atoms with Gasteiger partial charge in [0.05, 0.1) is 11.0 Å². The van der Waals surface area contributed by atoms with Gasteiger partial charge in [0.1, 0.15) is 6.10 Å². The molecule has 2 N–H and O–H groups in total. The van der Waals surface area contributed by atoms with Crippen LogP contribution in [0.3, 0.4) is 0 Å². The van der Waals surface area contributed by atoms with Gasteiger partial charge in [0.25, 0.3) is 5.69 Å². The van der Waals surface area contributed by atoms with Crippen molar-refractivity contribution in [3.63, 3.8) is 0 Å². The van der Waals surface area contributed by atoms with Crippen molar-refractivity contribution in [2.24, 2.45) is 5.73 Å². The van der Waals surface area contributed by atoms with Crippen LogP contribution in [-0.2, 0) is 16.1 Å². The Morgan fingerprint density at radius 3 is 2.74 bits per heavy atom. The highest BCUT2D eigenvalue weighted by molar-refractivity contribution is 5.79. The van der Waals surface area contributed by atoms with E-state index in [4.69, 9.17) is 10.5 Å². The molecule has 0 aromatic heterocycles. The van der Waals surface area contributed by atoms with E-state index in [9.17, 15) is 14.9 Å². The van der Waals surface area contributed by atoms with Crippen molar-refractivity contribution in [1.82, 2.24) is 4.90 Å². The van der Waals surface area contributed by atoms with E-state index in [1.54, 1.807) is 6.07 Å². The minimum atomic E-state index is -0.635. The van der Waals surface area contributed by atoms with Crippen molar-refractivity contribution in [3.05, 3.63) is 39.4 Å². The van der Waals surface area contributed by atoms with E-state index >= 15 is 0 Å². The largest absolute Gasteiger partial charge is 0.367 e. The van der Waals surface area contributed by atoms with Gasteiger partial charge in [0.2, 0.25) is 5.91 Å². The van der Waals surface area contributed by atoms with Gasteiger partial charge in [-0.15, -0.1) is 0 Å². The third-order valence-corrected chi connectivity index (χ3v) is 3.97. The van der Waals surface area contributed by atoms with Crippen LogP contribution in [0.5, 0.6) is 0 Å². The van der Waals surface area contributed by atoms with Crippen molar-refractivity contribution in [2.45, 2.75) is 45.4 Å². The normalized spacial score (nSPS) is 22.3. The molecule has 1 fully saturated rings. The standard InChI is InChI=1S/C16H23N3O4/c1-10(2)13-5-4-12(6-14(13)19(21)22)8-18-7-11(3)23-15(9-18)16(17)20/h4-6,10-11,15H,7-9H2,1-3H3,(H2,17,20)/t11-,15+/m1/s1. The smallest absolute Gasteiger partial charge is 0.273 e. The van der Waals surface area contributed by atoms with E-state index < -0.39 is 12.0 Å². The molecule has 126 valence electrons. The molecular weight excluding hydrogens is 298 g/mol. The summed E-state index contributed by atoms with van der Waals surface area (Å²) in [6.45, 7) is 7.33. The molecule has 1 aliphatic heterocycles. The van der Waals surface area contributed by atoms with Crippen LogP contribution in [0.25, 0.3) is 0 Å². The number of nitrogens with zero attached hydrogens (tertiary/aromatic N) is 2. The highest BCUT2D eigenvalue weighted by atomic mass is 16.6. The summed E-state index contributed by atoms with van der Waals surface area (Å²) >= 11 is 0. The van der Waals surface area contributed by atoms with Crippen LogP contribution in [0.15, 0.2) is 18.2 Å². The molecule has 2 rings (SSSR count). The molecule has 0 bridgehead atoms. The fourth-order valence-electron chi connectivity index (χ4n) is 2.92. The number of nitro benzene ring substituents is 1. The van der Waals surface area contributed by atoms with Crippen molar-refractivity contribution in [2.75, 3.05) is 13.1 Å². The number of amides is 1. The minimum Gasteiger partial charge on any atom is -0.367 e. The van der Waals surface area contributed by atoms with Crippen LogP contribution in [0.1, 0.15) is 37.8 Å². The van der Waals surface area contributed by atoms with E-state index in [-0.39, 0.29) is 22.6 Å². The molecule has 1 aromatic carbocycles. The van der Waals surface area contributed by atoms with Crippen LogP contribution >= 0.6 is 0 Å². The molecule has 0 unspecified atom stereocenters. The maximum atomic E-state index is 11.3. The first kappa shape index (κ1) is 17.4. The minimum absolute atomic E-state index is 0.0899. The van der Waals surface area contributed by atoms with Crippen molar-refractivity contribution < 1.29 is 14.5 Å². The number of carbonyl (C=O) groups excluding carboxylic acids is 1. The maximum Gasteiger partial charge on any atom is 0.273 e. The number of hydrogen-bond acceptors (Lipinski definition) is 5. The Balaban J connectivity index is 2.18. The summed E-state index contributed by atoms with van der Waals surface area (Å²) in [4.78, 5) is 24.3. The van der Waals surface area contributed by atoms with Crippen LogP contribution in [0.4, 0.5) is 5.69 Å². The monoisotopic (exact) mass is 321 g/mol. The Hall–Kier alpha value is -1.99. The van der Waals surface area contributed by atoms with Gasteiger partial charge in [-0.3, -0.25) is 19.8 Å². The van der Waals surface area contributed by atoms with Crippen LogP contribution < -0.4 is 5.73 Å². The lowest BCUT2D eigenvalue weighted by Crippen LogP contribution is -2.51. The lowest BCUT2D eigenvalue weighted by Gasteiger charge is -2.35. The zero-order valence-electron chi connectivity index (χ0n) is 13.7. The fourth-order valence-corrected chi connectivity index (χ4v) is 2.92. The Bertz CT molecular complexity index is 603. The summed E-state index contributed by atoms with van der Waals surface area (Å²) < 4.78 is 5.50.